The van der Waals surface area contributed by atoms with Gasteiger partial charge in [0, 0.05) is 16.8 Å². The lowest BCUT2D eigenvalue weighted by Crippen LogP contribution is -2.18. The van der Waals surface area contributed by atoms with E-state index in [0.717, 1.165) is 23.1 Å². The number of amides is 2. The number of carbonyl (C=O) groups is 2. The minimum Gasteiger partial charge on any atom is -0.325 e. The molecule has 0 fully saturated rings. The monoisotopic (exact) mass is 402 g/mol. The highest BCUT2D eigenvalue weighted by molar-refractivity contribution is 8.00. The topological polar surface area (TPSA) is 58.2 Å². The maximum Gasteiger partial charge on any atom is 0.416 e. The van der Waals surface area contributed by atoms with Crippen LogP contribution >= 0.6 is 23.4 Å². The number of hydrogen-bond donors (Lipinski definition) is 2. The molecule has 0 bridgehead atoms. The fourth-order valence-corrected chi connectivity index (χ4v) is 2.81. The highest BCUT2D eigenvalue weighted by atomic mass is 35.5. The number of halogens is 4. The molecule has 0 radical (unpaired) electrons. The Balaban J connectivity index is 2.12. The third-order valence-corrected chi connectivity index (χ3v) is 4.38. The minimum atomic E-state index is -4.56. The van der Waals surface area contributed by atoms with Crippen LogP contribution in [0.25, 0.3) is 0 Å². The third kappa shape index (κ3) is 5.96. The Morgan fingerprint density at radius 2 is 1.69 bits per heavy atom. The van der Waals surface area contributed by atoms with E-state index in [-0.39, 0.29) is 17.1 Å². The first kappa shape index (κ1) is 20.1. The lowest BCUT2D eigenvalue weighted by atomic mass is 10.1. The molecule has 138 valence electrons. The molecule has 26 heavy (non-hydrogen) atoms. The molecule has 0 aliphatic carbocycles. The first-order valence-corrected chi connectivity index (χ1v) is 8.68. The lowest BCUT2D eigenvalue weighted by molar-refractivity contribution is -0.137. The first-order valence-electron chi connectivity index (χ1n) is 7.32. The summed E-state index contributed by atoms with van der Waals surface area (Å²) in [6.07, 6.45) is -4.56. The Kier molecular flexibility index (Phi) is 6.55. The number of hydrogen-bond acceptors (Lipinski definition) is 3. The van der Waals surface area contributed by atoms with Gasteiger partial charge >= 0.3 is 6.18 Å². The summed E-state index contributed by atoms with van der Waals surface area (Å²) in [6, 6.07) is 9.53. The van der Waals surface area contributed by atoms with E-state index in [1.165, 1.54) is 18.7 Å². The van der Waals surface area contributed by atoms with Crippen LogP contribution in [0.2, 0.25) is 5.02 Å². The molecule has 2 N–H and O–H groups in total. The molecule has 0 aliphatic heterocycles. The molecule has 2 aromatic carbocycles. The van der Waals surface area contributed by atoms with Gasteiger partial charge < -0.3 is 10.6 Å². The van der Waals surface area contributed by atoms with Crippen LogP contribution in [0.4, 0.5) is 24.5 Å². The van der Waals surface area contributed by atoms with E-state index >= 15 is 0 Å². The second-order valence-electron chi connectivity index (χ2n) is 5.23. The van der Waals surface area contributed by atoms with Crippen LogP contribution in [0.15, 0.2) is 47.4 Å². The van der Waals surface area contributed by atoms with Crippen LogP contribution in [0.3, 0.4) is 0 Å². The molecule has 0 unspecified atom stereocenters. The minimum absolute atomic E-state index is 0.0165. The zero-order valence-corrected chi connectivity index (χ0v) is 15.1. The fraction of sp³-hybridized carbons (Fsp3) is 0.176. The zero-order chi connectivity index (χ0) is 19.3. The van der Waals surface area contributed by atoms with E-state index in [1.54, 1.807) is 24.3 Å². The van der Waals surface area contributed by atoms with Crippen molar-refractivity contribution < 1.29 is 22.8 Å². The van der Waals surface area contributed by atoms with Gasteiger partial charge in [-0.05, 0) is 42.5 Å². The fourth-order valence-electron chi connectivity index (χ4n) is 1.99. The summed E-state index contributed by atoms with van der Waals surface area (Å²) in [5, 5.41) is 5.36. The van der Waals surface area contributed by atoms with Crippen molar-refractivity contribution in [1.29, 1.82) is 0 Å². The molecule has 4 nitrogen and oxygen atoms in total. The van der Waals surface area contributed by atoms with Crippen LogP contribution in [-0.4, -0.2) is 17.6 Å². The molecule has 0 saturated heterocycles. The Bertz CT molecular complexity index is 811. The standard InChI is InChI=1S/C17H14ClF3N2O2S/c1-10(24)22-14-7-2-11(17(19,20)21)8-15(14)23-16(25)9-26-13-5-3-12(18)4-6-13/h2-8H,9H2,1H3,(H,22,24)(H,23,25). The number of alkyl halides is 3. The average molecular weight is 403 g/mol. The van der Waals surface area contributed by atoms with Gasteiger partial charge in [-0.15, -0.1) is 11.8 Å². The molecule has 0 aromatic heterocycles. The van der Waals surface area contributed by atoms with E-state index in [9.17, 15) is 22.8 Å². The Labute approximate surface area is 157 Å². The third-order valence-electron chi connectivity index (χ3n) is 3.12. The summed E-state index contributed by atoms with van der Waals surface area (Å²) >= 11 is 6.98. The smallest absolute Gasteiger partial charge is 0.325 e. The van der Waals surface area contributed by atoms with Crippen molar-refractivity contribution in [2.24, 2.45) is 0 Å². The van der Waals surface area contributed by atoms with Gasteiger partial charge in [-0.1, -0.05) is 11.6 Å². The van der Waals surface area contributed by atoms with Gasteiger partial charge in [-0.25, -0.2) is 0 Å². The highest BCUT2D eigenvalue weighted by Crippen LogP contribution is 2.34. The zero-order valence-electron chi connectivity index (χ0n) is 13.5. The van der Waals surface area contributed by atoms with Crippen LogP contribution in [0.5, 0.6) is 0 Å². The largest absolute Gasteiger partial charge is 0.416 e. The van der Waals surface area contributed by atoms with E-state index in [0.29, 0.717) is 5.02 Å². The van der Waals surface area contributed by atoms with Gasteiger partial charge in [-0.3, -0.25) is 9.59 Å². The predicted molar refractivity (Wildman–Crippen MR) is 96.6 cm³/mol. The van der Waals surface area contributed by atoms with E-state index in [4.69, 9.17) is 11.6 Å². The molecular weight excluding hydrogens is 389 g/mol. The van der Waals surface area contributed by atoms with Crippen molar-refractivity contribution in [3.8, 4) is 0 Å². The Hall–Kier alpha value is -2.19. The molecule has 0 saturated carbocycles. The Morgan fingerprint density at radius 3 is 2.27 bits per heavy atom. The van der Waals surface area contributed by atoms with E-state index in [2.05, 4.69) is 10.6 Å². The molecule has 0 aliphatic rings. The molecule has 2 amide bonds. The van der Waals surface area contributed by atoms with Crippen molar-refractivity contribution in [2.75, 3.05) is 16.4 Å². The SMILES string of the molecule is CC(=O)Nc1ccc(C(F)(F)F)cc1NC(=O)CSc1ccc(Cl)cc1. The lowest BCUT2D eigenvalue weighted by Gasteiger charge is -2.14. The Morgan fingerprint density at radius 1 is 1.04 bits per heavy atom. The molecule has 9 heteroatoms. The van der Waals surface area contributed by atoms with Crippen LogP contribution in [0.1, 0.15) is 12.5 Å². The number of benzene rings is 2. The first-order chi connectivity index (χ1) is 12.1. The van der Waals surface area contributed by atoms with Crippen molar-refractivity contribution in [2.45, 2.75) is 18.0 Å². The normalized spacial score (nSPS) is 11.1. The highest BCUT2D eigenvalue weighted by Gasteiger charge is 2.31. The van der Waals surface area contributed by atoms with Gasteiger partial charge in [0.15, 0.2) is 0 Å². The molecule has 0 atom stereocenters. The van der Waals surface area contributed by atoms with Crippen molar-refractivity contribution in [3.05, 3.63) is 53.1 Å². The molecule has 0 spiro atoms. The maximum absolute atomic E-state index is 12.9. The average Bonchev–Trinajstić information content (AvgIpc) is 2.54. The summed E-state index contributed by atoms with van der Waals surface area (Å²) in [5.41, 5.74) is -0.945. The second-order valence-corrected chi connectivity index (χ2v) is 6.72. The van der Waals surface area contributed by atoms with E-state index in [1.807, 2.05) is 0 Å². The van der Waals surface area contributed by atoms with Crippen molar-refractivity contribution in [3.63, 3.8) is 0 Å². The van der Waals surface area contributed by atoms with Crippen molar-refractivity contribution in [1.82, 2.24) is 0 Å². The number of thioether (sulfide) groups is 1. The van der Waals surface area contributed by atoms with E-state index < -0.39 is 23.6 Å². The van der Waals surface area contributed by atoms with Gasteiger partial charge in [0.05, 0.1) is 22.7 Å². The molecule has 2 rings (SSSR count). The number of nitrogens with one attached hydrogen (secondary N) is 2. The van der Waals surface area contributed by atoms with Gasteiger partial charge in [0.2, 0.25) is 11.8 Å². The van der Waals surface area contributed by atoms with Gasteiger partial charge in [0.25, 0.3) is 0 Å². The molecular formula is C17H14ClF3N2O2S. The van der Waals surface area contributed by atoms with Crippen LogP contribution in [0, 0.1) is 0 Å². The number of anilines is 2. The van der Waals surface area contributed by atoms with Gasteiger partial charge in [-0.2, -0.15) is 13.2 Å². The second kappa shape index (κ2) is 8.46. The predicted octanol–water partition coefficient (Wildman–Crippen LogP) is 5.05. The summed E-state index contributed by atoms with van der Waals surface area (Å²) in [7, 11) is 0. The van der Waals surface area contributed by atoms with Crippen LogP contribution < -0.4 is 10.6 Å². The molecule has 0 heterocycles. The number of carbonyl (C=O) groups excluding carboxylic acids is 2. The van der Waals surface area contributed by atoms with Crippen LogP contribution in [-0.2, 0) is 15.8 Å². The summed E-state index contributed by atoms with van der Waals surface area (Å²) in [5.74, 6) is -0.983. The summed E-state index contributed by atoms with van der Waals surface area (Å²) < 4.78 is 38.7. The molecule has 2 aromatic rings. The number of rotatable bonds is 5. The summed E-state index contributed by atoms with van der Waals surface area (Å²) in [6.45, 7) is 1.22. The quantitative estimate of drug-likeness (QED) is 0.688. The summed E-state index contributed by atoms with van der Waals surface area (Å²) in [4.78, 5) is 24.1. The van der Waals surface area contributed by atoms with Gasteiger partial charge in [0.1, 0.15) is 0 Å². The van der Waals surface area contributed by atoms with Crippen molar-refractivity contribution >= 4 is 46.6 Å². The maximum atomic E-state index is 12.9.